The lowest BCUT2D eigenvalue weighted by molar-refractivity contribution is 0.128. The Morgan fingerprint density at radius 2 is 1.95 bits per heavy atom. The lowest BCUT2D eigenvalue weighted by Gasteiger charge is -2.42. The Kier molecular flexibility index (Phi) is 5.04. The fourth-order valence-corrected chi connectivity index (χ4v) is 3.57. The molecule has 1 aromatic rings. The molecular formula is C15H28N4S. The quantitative estimate of drug-likeness (QED) is 0.926. The maximum Gasteiger partial charge on any atom is 0.185 e. The zero-order chi connectivity index (χ0) is 14.8. The molecule has 1 aromatic heterocycles. The van der Waals surface area contributed by atoms with Crippen LogP contribution in [0.2, 0.25) is 0 Å². The fourth-order valence-electron chi connectivity index (χ4n) is 2.60. The molecule has 1 aliphatic rings. The molecule has 1 aliphatic heterocycles. The normalized spacial score (nSPS) is 19.4. The molecule has 114 valence electrons. The molecule has 4 nitrogen and oxygen atoms in total. The second kappa shape index (κ2) is 6.41. The van der Waals surface area contributed by atoms with E-state index < -0.39 is 0 Å². The summed E-state index contributed by atoms with van der Waals surface area (Å²) in [6.07, 6.45) is 0. The van der Waals surface area contributed by atoms with Crippen LogP contribution in [0.25, 0.3) is 0 Å². The highest BCUT2D eigenvalue weighted by Crippen LogP contribution is 2.26. The number of nitrogens with one attached hydrogen (secondary N) is 1. The van der Waals surface area contributed by atoms with Crippen molar-refractivity contribution in [1.29, 1.82) is 0 Å². The van der Waals surface area contributed by atoms with E-state index in [1.165, 1.54) is 10.8 Å². The first-order chi connectivity index (χ1) is 9.41. The monoisotopic (exact) mass is 296 g/mol. The summed E-state index contributed by atoms with van der Waals surface area (Å²) in [6, 6.07) is 0.348. The van der Waals surface area contributed by atoms with Crippen molar-refractivity contribution in [3.05, 3.63) is 11.1 Å². The van der Waals surface area contributed by atoms with Gasteiger partial charge in [-0.3, -0.25) is 4.90 Å². The van der Waals surface area contributed by atoms with Gasteiger partial charge in [-0.1, -0.05) is 6.92 Å². The van der Waals surface area contributed by atoms with Crippen molar-refractivity contribution in [3.8, 4) is 0 Å². The molecule has 0 saturated carbocycles. The summed E-state index contributed by atoms with van der Waals surface area (Å²) < 4.78 is 0. The Morgan fingerprint density at radius 3 is 2.50 bits per heavy atom. The zero-order valence-corrected chi connectivity index (χ0v) is 14.3. The molecule has 1 fully saturated rings. The molecular weight excluding hydrogens is 268 g/mol. The van der Waals surface area contributed by atoms with Crippen LogP contribution in [0.15, 0.2) is 5.38 Å². The Morgan fingerprint density at radius 1 is 1.30 bits per heavy atom. The number of aromatic nitrogens is 1. The average Bonchev–Trinajstić information content (AvgIpc) is 2.88. The standard InChI is InChI=1S/C15H28N4S/c1-6-16-12(2)13-11-20-14(17-13)18-7-9-19(10-8-18)15(3,4)5/h11-12,16H,6-10H2,1-5H3. The van der Waals surface area contributed by atoms with Crippen LogP contribution < -0.4 is 10.2 Å². The molecule has 5 heteroatoms. The van der Waals surface area contributed by atoms with Crippen LogP contribution in [-0.2, 0) is 0 Å². The van der Waals surface area contributed by atoms with Gasteiger partial charge in [0.15, 0.2) is 5.13 Å². The zero-order valence-electron chi connectivity index (χ0n) is 13.4. The third-order valence-corrected chi connectivity index (χ3v) is 4.88. The minimum Gasteiger partial charge on any atom is -0.346 e. The van der Waals surface area contributed by atoms with Crippen molar-refractivity contribution in [1.82, 2.24) is 15.2 Å². The molecule has 2 heterocycles. The number of anilines is 1. The summed E-state index contributed by atoms with van der Waals surface area (Å²) in [6.45, 7) is 16.6. The number of rotatable bonds is 4. The van der Waals surface area contributed by atoms with Crippen LogP contribution in [-0.4, -0.2) is 48.1 Å². The van der Waals surface area contributed by atoms with Crippen molar-refractivity contribution < 1.29 is 0 Å². The summed E-state index contributed by atoms with van der Waals surface area (Å²) in [7, 11) is 0. The number of hydrogen-bond donors (Lipinski definition) is 1. The molecule has 0 bridgehead atoms. The highest BCUT2D eigenvalue weighted by Gasteiger charge is 2.27. The number of nitrogens with zero attached hydrogens (tertiary/aromatic N) is 3. The molecule has 2 rings (SSSR count). The Bertz CT molecular complexity index is 416. The van der Waals surface area contributed by atoms with Gasteiger partial charge in [0, 0.05) is 43.1 Å². The van der Waals surface area contributed by atoms with Gasteiger partial charge in [0.25, 0.3) is 0 Å². The van der Waals surface area contributed by atoms with Gasteiger partial charge in [0.2, 0.25) is 0 Å². The lowest BCUT2D eigenvalue weighted by atomic mass is 10.1. The first kappa shape index (κ1) is 15.7. The van der Waals surface area contributed by atoms with E-state index in [0.29, 0.717) is 6.04 Å². The molecule has 0 aromatic carbocycles. The number of hydrogen-bond acceptors (Lipinski definition) is 5. The van der Waals surface area contributed by atoms with Gasteiger partial charge >= 0.3 is 0 Å². The molecule has 1 N–H and O–H groups in total. The van der Waals surface area contributed by atoms with Crippen molar-refractivity contribution in [3.63, 3.8) is 0 Å². The Balaban J connectivity index is 1.94. The van der Waals surface area contributed by atoms with Gasteiger partial charge in [-0.2, -0.15) is 0 Å². The summed E-state index contributed by atoms with van der Waals surface area (Å²) in [5.41, 5.74) is 1.45. The topological polar surface area (TPSA) is 31.4 Å². The first-order valence-corrected chi connectivity index (χ1v) is 8.48. The second-order valence-corrected chi connectivity index (χ2v) is 7.32. The summed E-state index contributed by atoms with van der Waals surface area (Å²) in [5.74, 6) is 0. The summed E-state index contributed by atoms with van der Waals surface area (Å²) >= 11 is 1.78. The molecule has 0 aliphatic carbocycles. The second-order valence-electron chi connectivity index (χ2n) is 6.48. The average molecular weight is 296 g/mol. The Hall–Kier alpha value is -0.650. The third kappa shape index (κ3) is 3.71. The predicted octanol–water partition coefficient (Wildman–Crippen LogP) is 2.73. The largest absolute Gasteiger partial charge is 0.346 e. The minimum absolute atomic E-state index is 0.277. The molecule has 0 amide bonds. The van der Waals surface area contributed by atoms with Crippen molar-refractivity contribution >= 4 is 16.5 Å². The molecule has 1 atom stereocenters. The van der Waals surface area contributed by atoms with E-state index in [2.05, 4.69) is 55.1 Å². The number of piperazine rings is 1. The maximum atomic E-state index is 4.80. The first-order valence-electron chi connectivity index (χ1n) is 7.60. The van der Waals surface area contributed by atoms with Crippen LogP contribution in [0.1, 0.15) is 46.4 Å². The fraction of sp³-hybridized carbons (Fsp3) is 0.800. The van der Waals surface area contributed by atoms with Crippen molar-refractivity contribution in [2.24, 2.45) is 0 Å². The number of thiazole rings is 1. The van der Waals surface area contributed by atoms with Gasteiger partial charge < -0.3 is 10.2 Å². The van der Waals surface area contributed by atoms with Crippen molar-refractivity contribution in [2.45, 2.75) is 46.2 Å². The van der Waals surface area contributed by atoms with E-state index in [-0.39, 0.29) is 5.54 Å². The third-order valence-electron chi connectivity index (χ3n) is 3.96. The summed E-state index contributed by atoms with van der Waals surface area (Å²) in [4.78, 5) is 9.78. The van der Waals surface area contributed by atoms with E-state index in [9.17, 15) is 0 Å². The van der Waals surface area contributed by atoms with E-state index in [0.717, 1.165) is 32.7 Å². The van der Waals surface area contributed by atoms with E-state index >= 15 is 0 Å². The SMILES string of the molecule is CCNC(C)c1csc(N2CCN(C(C)(C)C)CC2)n1. The van der Waals surface area contributed by atoms with Crippen molar-refractivity contribution in [2.75, 3.05) is 37.6 Å². The highest BCUT2D eigenvalue weighted by molar-refractivity contribution is 7.13. The van der Waals surface area contributed by atoms with Crippen LogP contribution in [0.5, 0.6) is 0 Å². The smallest absolute Gasteiger partial charge is 0.185 e. The van der Waals surface area contributed by atoms with Gasteiger partial charge in [0.1, 0.15) is 0 Å². The van der Waals surface area contributed by atoms with Crippen LogP contribution >= 0.6 is 11.3 Å². The Labute approximate surface area is 127 Å². The molecule has 20 heavy (non-hydrogen) atoms. The summed E-state index contributed by atoms with van der Waals surface area (Å²) in [5, 5.41) is 6.79. The van der Waals surface area contributed by atoms with Gasteiger partial charge in [-0.25, -0.2) is 4.98 Å². The van der Waals surface area contributed by atoms with E-state index in [1.807, 2.05) is 0 Å². The van der Waals surface area contributed by atoms with Crippen LogP contribution in [0, 0.1) is 0 Å². The molecule has 1 unspecified atom stereocenters. The lowest BCUT2D eigenvalue weighted by Crippen LogP contribution is -2.53. The molecule has 0 radical (unpaired) electrons. The van der Waals surface area contributed by atoms with Gasteiger partial charge in [0.05, 0.1) is 5.69 Å². The predicted molar refractivity (Wildman–Crippen MR) is 87.7 cm³/mol. The van der Waals surface area contributed by atoms with Crippen LogP contribution in [0.3, 0.4) is 0 Å². The minimum atomic E-state index is 0.277. The maximum absolute atomic E-state index is 4.80. The van der Waals surface area contributed by atoms with Gasteiger partial charge in [-0.05, 0) is 34.2 Å². The van der Waals surface area contributed by atoms with Crippen LogP contribution in [0.4, 0.5) is 5.13 Å². The highest BCUT2D eigenvalue weighted by atomic mass is 32.1. The molecule has 0 spiro atoms. The van der Waals surface area contributed by atoms with E-state index in [4.69, 9.17) is 4.98 Å². The van der Waals surface area contributed by atoms with Gasteiger partial charge in [-0.15, -0.1) is 11.3 Å². The molecule has 1 saturated heterocycles. The van der Waals surface area contributed by atoms with E-state index in [1.54, 1.807) is 11.3 Å².